The second kappa shape index (κ2) is 12.9. The first kappa shape index (κ1) is 28.4. The van der Waals surface area contributed by atoms with Crippen LogP contribution in [0.4, 0.5) is 0 Å². The first-order valence-corrected chi connectivity index (χ1v) is 13.5. The number of carbonyl (C=O) groups is 2. The maximum atomic E-state index is 13.8. The van der Waals surface area contributed by atoms with Crippen LogP contribution >= 0.6 is 11.3 Å². The Morgan fingerprint density at radius 3 is 2.54 bits per heavy atom. The Morgan fingerprint density at radius 1 is 1.22 bits per heavy atom. The van der Waals surface area contributed by atoms with Crippen LogP contribution in [0, 0.1) is 13.8 Å². The van der Waals surface area contributed by atoms with Crippen LogP contribution in [0.5, 0.6) is 11.5 Å². The van der Waals surface area contributed by atoms with Crippen molar-refractivity contribution in [1.82, 2.24) is 14.8 Å². The van der Waals surface area contributed by atoms with E-state index in [2.05, 4.69) is 30.3 Å². The van der Waals surface area contributed by atoms with E-state index in [9.17, 15) is 14.7 Å². The van der Waals surface area contributed by atoms with Crippen molar-refractivity contribution >= 4 is 23.0 Å². The molecular formula is C28H37N3O5S. The van der Waals surface area contributed by atoms with Crippen molar-refractivity contribution in [1.29, 1.82) is 0 Å². The molecule has 9 heteroatoms. The van der Waals surface area contributed by atoms with E-state index in [1.807, 2.05) is 19.9 Å². The van der Waals surface area contributed by atoms with Gasteiger partial charge in [0.05, 0.1) is 33.8 Å². The molecule has 0 saturated carbocycles. The quantitative estimate of drug-likeness (QED) is 0.272. The zero-order valence-electron chi connectivity index (χ0n) is 22.4. The number of aliphatic hydroxyl groups excluding tert-OH is 1. The fourth-order valence-corrected chi connectivity index (χ4v) is 5.44. The lowest BCUT2D eigenvalue weighted by Crippen LogP contribution is -2.34. The fraction of sp³-hybridized carbons (Fsp3) is 0.464. The number of Topliss-reactive ketones (excluding diaryl/α,β-unsaturated/α-hetero) is 1. The minimum Gasteiger partial charge on any atom is -0.503 e. The number of aromatic nitrogens is 1. The Labute approximate surface area is 223 Å². The van der Waals surface area contributed by atoms with Gasteiger partial charge in [-0.25, -0.2) is 4.98 Å². The molecule has 1 aliphatic rings. The highest BCUT2D eigenvalue weighted by atomic mass is 32.1. The molecule has 0 spiro atoms. The molecule has 0 aliphatic carbocycles. The van der Waals surface area contributed by atoms with Gasteiger partial charge in [0.15, 0.2) is 17.3 Å². The predicted octanol–water partition coefficient (Wildman–Crippen LogP) is 5.03. The smallest absolute Gasteiger partial charge is 0.290 e. The molecule has 3 rings (SSSR count). The summed E-state index contributed by atoms with van der Waals surface area (Å²) in [5.41, 5.74) is 1.32. The number of carbonyl (C=O) groups excluding carboxylic acids is 2. The van der Waals surface area contributed by atoms with Gasteiger partial charge >= 0.3 is 0 Å². The number of ether oxygens (including phenoxy) is 2. The minimum atomic E-state index is -0.758. The first-order valence-electron chi connectivity index (χ1n) is 12.7. The third-order valence-corrected chi connectivity index (χ3v) is 7.44. The number of aliphatic hydroxyl groups is 1. The highest BCUT2D eigenvalue weighted by Crippen LogP contribution is 2.42. The van der Waals surface area contributed by atoms with Crippen LogP contribution in [0.1, 0.15) is 59.2 Å². The van der Waals surface area contributed by atoms with Crippen molar-refractivity contribution in [2.75, 3.05) is 39.4 Å². The highest BCUT2D eigenvalue weighted by Gasteiger charge is 2.44. The van der Waals surface area contributed by atoms with Crippen molar-refractivity contribution in [3.8, 4) is 11.5 Å². The average molecular weight is 528 g/mol. The zero-order valence-corrected chi connectivity index (χ0v) is 23.2. The summed E-state index contributed by atoms with van der Waals surface area (Å²) < 4.78 is 11.6. The summed E-state index contributed by atoms with van der Waals surface area (Å²) in [5.74, 6) is -0.390. The average Bonchev–Trinajstić information content (AvgIpc) is 3.35. The van der Waals surface area contributed by atoms with Crippen LogP contribution in [0.25, 0.3) is 0 Å². The molecule has 2 aromatic rings. The molecule has 0 bridgehead atoms. The van der Waals surface area contributed by atoms with E-state index >= 15 is 0 Å². The van der Waals surface area contributed by atoms with Gasteiger partial charge in [0.1, 0.15) is 6.61 Å². The lowest BCUT2D eigenvalue weighted by molar-refractivity contribution is -0.129. The number of thiazole rings is 1. The molecule has 1 aromatic heterocycles. The molecule has 37 heavy (non-hydrogen) atoms. The Morgan fingerprint density at radius 2 is 1.95 bits per heavy atom. The number of ketones is 1. The van der Waals surface area contributed by atoms with Gasteiger partial charge in [-0.15, -0.1) is 11.3 Å². The van der Waals surface area contributed by atoms with Gasteiger partial charge in [0, 0.05) is 6.54 Å². The summed E-state index contributed by atoms with van der Waals surface area (Å²) in [6.07, 6.45) is 2.35. The number of hydrogen-bond acceptors (Lipinski definition) is 8. The molecule has 8 nitrogen and oxygen atoms in total. The molecule has 1 unspecified atom stereocenters. The number of benzene rings is 1. The number of aryl methyl sites for hydroxylation is 2. The van der Waals surface area contributed by atoms with E-state index in [-0.39, 0.29) is 11.4 Å². The molecule has 200 valence electrons. The molecule has 0 radical (unpaired) electrons. The molecule has 2 heterocycles. The molecule has 1 N–H and O–H groups in total. The Hall–Kier alpha value is -3.17. The van der Waals surface area contributed by atoms with Gasteiger partial charge in [-0.1, -0.05) is 32.6 Å². The molecule has 1 amide bonds. The standard InChI is InChI=1S/C28H37N3O5S/c1-7-16-36-21-13-12-20(17-22(21)35-10-4)24-23(25(32)27-18(5)29-19(6)37-27)26(33)28(34)31(24)15-11-14-30(8-2)9-3/h7,12-13,17,24,33H,1,8-11,14-16H2,2-6H3. The van der Waals surface area contributed by atoms with Crippen LogP contribution in [-0.2, 0) is 4.79 Å². The molecule has 1 aromatic carbocycles. The van der Waals surface area contributed by atoms with Crippen LogP contribution in [0.3, 0.4) is 0 Å². The summed E-state index contributed by atoms with van der Waals surface area (Å²) >= 11 is 1.27. The predicted molar refractivity (Wildman–Crippen MR) is 146 cm³/mol. The van der Waals surface area contributed by atoms with Crippen molar-refractivity contribution in [3.63, 3.8) is 0 Å². The highest BCUT2D eigenvalue weighted by molar-refractivity contribution is 7.14. The van der Waals surface area contributed by atoms with E-state index in [0.29, 0.717) is 53.8 Å². The van der Waals surface area contributed by atoms with Crippen LogP contribution < -0.4 is 9.47 Å². The topological polar surface area (TPSA) is 92.2 Å². The van der Waals surface area contributed by atoms with Crippen LogP contribution in [0.2, 0.25) is 0 Å². The third kappa shape index (κ3) is 6.22. The SMILES string of the molecule is C=CCOc1ccc(C2C(C(=O)c3sc(C)nc3C)=C(O)C(=O)N2CCCN(CC)CC)cc1OCC. The third-order valence-electron chi connectivity index (χ3n) is 6.37. The fourth-order valence-electron chi connectivity index (χ4n) is 4.56. The van der Waals surface area contributed by atoms with E-state index in [1.165, 1.54) is 11.3 Å². The summed E-state index contributed by atoms with van der Waals surface area (Å²) in [4.78, 5) is 35.8. The van der Waals surface area contributed by atoms with E-state index in [1.54, 1.807) is 30.0 Å². The van der Waals surface area contributed by atoms with Crippen molar-refractivity contribution in [2.45, 2.75) is 47.1 Å². The van der Waals surface area contributed by atoms with E-state index < -0.39 is 17.7 Å². The summed E-state index contributed by atoms with van der Waals surface area (Å²) in [6, 6.07) is 4.61. The number of amides is 1. The zero-order chi connectivity index (χ0) is 27.1. The first-order chi connectivity index (χ1) is 17.8. The van der Waals surface area contributed by atoms with Crippen molar-refractivity contribution < 1.29 is 24.2 Å². The molecule has 1 atom stereocenters. The Kier molecular flexibility index (Phi) is 9.88. The van der Waals surface area contributed by atoms with E-state index in [0.717, 1.165) is 24.6 Å². The van der Waals surface area contributed by atoms with Crippen molar-refractivity contribution in [2.24, 2.45) is 0 Å². The summed E-state index contributed by atoms with van der Waals surface area (Å²) in [6.45, 7) is 17.1. The second-order valence-electron chi connectivity index (χ2n) is 8.76. The van der Waals surface area contributed by atoms with Crippen LogP contribution in [0.15, 0.2) is 42.2 Å². The minimum absolute atomic E-state index is 0.0711. The summed E-state index contributed by atoms with van der Waals surface area (Å²) in [7, 11) is 0. The molecule has 0 saturated heterocycles. The Bertz CT molecular complexity index is 1170. The van der Waals surface area contributed by atoms with Crippen molar-refractivity contribution in [3.05, 3.63) is 63.3 Å². The number of hydrogen-bond donors (Lipinski definition) is 1. The van der Waals surface area contributed by atoms with E-state index in [4.69, 9.17) is 9.47 Å². The largest absolute Gasteiger partial charge is 0.503 e. The molecule has 0 fully saturated rings. The second-order valence-corrected chi connectivity index (χ2v) is 9.96. The Balaban J connectivity index is 2.06. The number of nitrogens with zero attached hydrogens (tertiary/aromatic N) is 3. The maximum Gasteiger partial charge on any atom is 0.290 e. The monoisotopic (exact) mass is 527 g/mol. The summed E-state index contributed by atoms with van der Waals surface area (Å²) in [5, 5.41) is 11.8. The lowest BCUT2D eigenvalue weighted by atomic mass is 9.94. The van der Waals surface area contributed by atoms with Crippen LogP contribution in [-0.4, -0.2) is 71.0 Å². The van der Waals surface area contributed by atoms with Gasteiger partial charge in [-0.2, -0.15) is 0 Å². The lowest BCUT2D eigenvalue weighted by Gasteiger charge is -2.28. The van der Waals surface area contributed by atoms with Gasteiger partial charge in [0.25, 0.3) is 5.91 Å². The molecular weight excluding hydrogens is 490 g/mol. The van der Waals surface area contributed by atoms with Gasteiger partial charge in [-0.05, 0) is 64.5 Å². The van der Waals surface area contributed by atoms with Gasteiger partial charge < -0.3 is 24.4 Å². The van der Waals surface area contributed by atoms with Gasteiger partial charge in [-0.3, -0.25) is 9.59 Å². The molecule has 1 aliphatic heterocycles. The van der Waals surface area contributed by atoms with Gasteiger partial charge in [0.2, 0.25) is 5.78 Å². The number of rotatable bonds is 14. The maximum absolute atomic E-state index is 13.8. The normalized spacial score (nSPS) is 15.6.